The summed E-state index contributed by atoms with van der Waals surface area (Å²) in [6, 6.07) is 19.0. The molecule has 0 spiro atoms. The lowest BCUT2D eigenvalue weighted by molar-refractivity contribution is 0.0919. The van der Waals surface area contributed by atoms with Crippen molar-refractivity contribution in [3.05, 3.63) is 89.8 Å². The van der Waals surface area contributed by atoms with E-state index in [-0.39, 0.29) is 12.3 Å². The molecule has 32 heavy (non-hydrogen) atoms. The molecule has 0 aliphatic carbocycles. The predicted octanol–water partition coefficient (Wildman–Crippen LogP) is 5.11. The first-order valence-corrected chi connectivity index (χ1v) is 10.4. The van der Waals surface area contributed by atoms with Crippen LogP contribution in [0.1, 0.15) is 10.4 Å². The molecule has 3 heterocycles. The first-order chi connectivity index (χ1) is 15.6. The average Bonchev–Trinajstić information content (AvgIpc) is 3.41. The van der Waals surface area contributed by atoms with Gasteiger partial charge in [-0.3, -0.25) is 14.0 Å². The molecule has 0 amide bonds. The lowest BCUT2D eigenvalue weighted by Crippen LogP contribution is -2.12. The molecule has 0 fully saturated rings. The third-order valence-corrected chi connectivity index (χ3v) is 5.64. The number of hydrogen-bond acceptors (Lipinski definition) is 5. The summed E-state index contributed by atoms with van der Waals surface area (Å²) in [7, 11) is 1.85. The van der Waals surface area contributed by atoms with E-state index in [9.17, 15) is 4.79 Å². The summed E-state index contributed by atoms with van der Waals surface area (Å²) in [5, 5.41) is 8.85. The van der Waals surface area contributed by atoms with Crippen LogP contribution in [0, 0.1) is 0 Å². The molecule has 3 aromatic heterocycles. The molecule has 0 atom stereocenters. The fraction of sp³-hybridized carbons (Fsp3) is 0.0833. The van der Waals surface area contributed by atoms with E-state index in [2.05, 4.69) is 20.4 Å². The molecule has 0 radical (unpaired) electrons. The van der Waals surface area contributed by atoms with Gasteiger partial charge in [-0.25, -0.2) is 9.97 Å². The van der Waals surface area contributed by atoms with E-state index in [0.29, 0.717) is 11.0 Å². The van der Waals surface area contributed by atoms with Crippen LogP contribution in [-0.2, 0) is 13.5 Å². The predicted molar refractivity (Wildman–Crippen MR) is 125 cm³/mol. The number of nitrogens with zero attached hydrogens (tertiary/aromatic N) is 5. The maximum atomic E-state index is 12.9. The number of rotatable bonds is 5. The van der Waals surface area contributed by atoms with E-state index in [4.69, 9.17) is 11.6 Å². The van der Waals surface area contributed by atoms with Crippen LogP contribution in [0.2, 0.25) is 5.02 Å². The van der Waals surface area contributed by atoms with Crippen LogP contribution in [0.4, 0.5) is 11.8 Å². The second kappa shape index (κ2) is 8.28. The summed E-state index contributed by atoms with van der Waals surface area (Å²) in [5.74, 6) is 1.25. The number of hydrogen-bond donors (Lipinski definition) is 1. The maximum absolute atomic E-state index is 12.9. The zero-order valence-electron chi connectivity index (χ0n) is 17.2. The summed E-state index contributed by atoms with van der Waals surface area (Å²) in [6.07, 6.45) is 5.45. The highest BCUT2D eigenvalue weighted by atomic mass is 35.5. The van der Waals surface area contributed by atoms with Gasteiger partial charge >= 0.3 is 0 Å². The van der Waals surface area contributed by atoms with Gasteiger partial charge < -0.3 is 5.32 Å². The highest BCUT2D eigenvalue weighted by molar-refractivity contribution is 6.31. The molecule has 5 rings (SSSR count). The number of nitrogens with one attached hydrogen (secondary N) is 1. The van der Waals surface area contributed by atoms with Crippen molar-refractivity contribution in [2.75, 3.05) is 5.32 Å². The van der Waals surface area contributed by atoms with Crippen molar-refractivity contribution >= 4 is 40.2 Å². The highest BCUT2D eigenvalue weighted by Gasteiger charge is 2.13. The summed E-state index contributed by atoms with van der Waals surface area (Å²) in [5.41, 5.74) is 3.37. The van der Waals surface area contributed by atoms with Gasteiger partial charge in [0.2, 0.25) is 11.9 Å². The SMILES string of the molecule is Cn1nccc1Nc1nccc(-c2ccc3c(ccn3C(=O)Cc3ccccc3Cl)c2)n1. The summed E-state index contributed by atoms with van der Waals surface area (Å²) in [6.45, 7) is 0. The molecule has 0 aliphatic heterocycles. The molecule has 2 aromatic carbocycles. The average molecular weight is 443 g/mol. The largest absolute Gasteiger partial charge is 0.309 e. The number of anilines is 2. The Morgan fingerprint density at radius 1 is 1.06 bits per heavy atom. The molecule has 1 N–H and O–H groups in total. The number of benzene rings is 2. The van der Waals surface area contributed by atoms with Gasteiger partial charge in [-0.2, -0.15) is 5.10 Å². The van der Waals surface area contributed by atoms with Crippen molar-refractivity contribution in [1.29, 1.82) is 0 Å². The van der Waals surface area contributed by atoms with E-state index < -0.39 is 0 Å². The Hall–Kier alpha value is -3.97. The number of aromatic nitrogens is 5. The molecule has 0 bridgehead atoms. The van der Waals surface area contributed by atoms with Gasteiger partial charge in [0.15, 0.2) is 0 Å². The van der Waals surface area contributed by atoms with Crippen molar-refractivity contribution in [1.82, 2.24) is 24.3 Å². The molecule has 0 unspecified atom stereocenters. The summed E-state index contributed by atoms with van der Waals surface area (Å²) in [4.78, 5) is 21.8. The van der Waals surface area contributed by atoms with Crippen molar-refractivity contribution in [3.63, 3.8) is 0 Å². The van der Waals surface area contributed by atoms with Gasteiger partial charge in [0, 0.05) is 41.5 Å². The lowest BCUT2D eigenvalue weighted by Gasteiger charge is -2.08. The Labute approximate surface area is 189 Å². The molecule has 0 saturated carbocycles. The number of fused-ring (bicyclic) bond motifs is 1. The second-order valence-corrected chi connectivity index (χ2v) is 7.76. The van der Waals surface area contributed by atoms with E-state index >= 15 is 0 Å². The van der Waals surface area contributed by atoms with Gasteiger partial charge in [0.25, 0.3) is 0 Å². The normalized spacial score (nSPS) is 11.1. The minimum Gasteiger partial charge on any atom is -0.309 e. The summed E-state index contributed by atoms with van der Waals surface area (Å²) < 4.78 is 3.38. The van der Waals surface area contributed by atoms with Crippen LogP contribution in [0.15, 0.2) is 79.3 Å². The lowest BCUT2D eigenvalue weighted by atomic mass is 10.1. The Balaban J connectivity index is 1.42. The van der Waals surface area contributed by atoms with Crippen LogP contribution in [0.25, 0.3) is 22.2 Å². The maximum Gasteiger partial charge on any atom is 0.235 e. The van der Waals surface area contributed by atoms with Crippen molar-refractivity contribution in [2.45, 2.75) is 6.42 Å². The minimum atomic E-state index is -0.0365. The molecule has 158 valence electrons. The second-order valence-electron chi connectivity index (χ2n) is 7.35. The van der Waals surface area contributed by atoms with Crippen LogP contribution in [0.3, 0.4) is 0 Å². The molecule has 8 heteroatoms. The molecular weight excluding hydrogens is 424 g/mol. The van der Waals surface area contributed by atoms with Crippen LogP contribution in [0.5, 0.6) is 0 Å². The quantitative estimate of drug-likeness (QED) is 0.409. The molecule has 7 nitrogen and oxygen atoms in total. The van der Waals surface area contributed by atoms with E-state index in [1.54, 1.807) is 33.9 Å². The Morgan fingerprint density at radius 3 is 2.75 bits per heavy atom. The van der Waals surface area contributed by atoms with Crippen molar-refractivity contribution in [3.8, 4) is 11.3 Å². The number of carbonyl (C=O) groups is 1. The van der Waals surface area contributed by atoms with E-state index in [1.807, 2.05) is 61.6 Å². The van der Waals surface area contributed by atoms with Gasteiger partial charge in [-0.15, -0.1) is 0 Å². The van der Waals surface area contributed by atoms with Gasteiger partial charge in [-0.1, -0.05) is 35.9 Å². The first kappa shape index (κ1) is 20.0. The highest BCUT2D eigenvalue weighted by Crippen LogP contribution is 2.26. The molecular formula is C24H19ClN6O. The smallest absolute Gasteiger partial charge is 0.235 e. The third kappa shape index (κ3) is 3.86. The van der Waals surface area contributed by atoms with Crippen LogP contribution in [-0.4, -0.2) is 30.2 Å². The number of aryl methyl sites for hydroxylation is 1. The number of carbonyl (C=O) groups excluding carboxylic acids is 1. The van der Waals surface area contributed by atoms with E-state index in [1.165, 1.54) is 0 Å². The fourth-order valence-electron chi connectivity index (χ4n) is 3.60. The first-order valence-electron chi connectivity index (χ1n) is 10.0. The zero-order chi connectivity index (χ0) is 22.1. The zero-order valence-corrected chi connectivity index (χ0v) is 18.0. The Bertz CT molecular complexity index is 1440. The fourth-order valence-corrected chi connectivity index (χ4v) is 3.80. The Kier molecular flexibility index (Phi) is 5.17. The van der Waals surface area contributed by atoms with Crippen molar-refractivity contribution < 1.29 is 4.79 Å². The van der Waals surface area contributed by atoms with Crippen LogP contribution >= 0.6 is 11.6 Å². The monoisotopic (exact) mass is 442 g/mol. The van der Waals surface area contributed by atoms with Crippen molar-refractivity contribution in [2.24, 2.45) is 7.05 Å². The molecule has 0 aliphatic rings. The molecule has 0 saturated heterocycles. The standard InChI is InChI=1S/C24H19ClN6O/c1-30-22(9-12-27-30)29-24-26-11-8-20(28-24)17-6-7-21-18(14-17)10-13-31(21)23(32)15-16-4-2-3-5-19(16)25/h2-14H,15H2,1H3,(H,26,28,29). The van der Waals surface area contributed by atoms with E-state index in [0.717, 1.165) is 33.5 Å². The summed E-state index contributed by atoms with van der Waals surface area (Å²) >= 11 is 6.22. The minimum absolute atomic E-state index is 0.0365. The van der Waals surface area contributed by atoms with Gasteiger partial charge in [0.1, 0.15) is 5.82 Å². The topological polar surface area (TPSA) is 77.6 Å². The third-order valence-electron chi connectivity index (χ3n) is 5.27. The Morgan fingerprint density at radius 2 is 1.94 bits per heavy atom. The molecule has 5 aromatic rings. The number of halogens is 1. The van der Waals surface area contributed by atoms with Crippen LogP contribution < -0.4 is 5.32 Å². The van der Waals surface area contributed by atoms with Gasteiger partial charge in [-0.05, 0) is 35.9 Å². The van der Waals surface area contributed by atoms with Gasteiger partial charge in [0.05, 0.1) is 23.8 Å².